The molecule has 2 saturated heterocycles. The number of amides is 2. The van der Waals surface area contributed by atoms with E-state index in [1.54, 1.807) is 37.3 Å². The Hall–Kier alpha value is -3.64. The Morgan fingerprint density at radius 3 is 2.43 bits per heavy atom. The van der Waals surface area contributed by atoms with Gasteiger partial charge in [-0.15, -0.1) is 10.2 Å². The molecule has 3 fully saturated rings. The van der Waals surface area contributed by atoms with Crippen molar-refractivity contribution in [3.8, 4) is 0 Å². The lowest BCUT2D eigenvalue weighted by Gasteiger charge is -2.32. The van der Waals surface area contributed by atoms with Gasteiger partial charge in [-0.25, -0.2) is 15.8 Å². The minimum absolute atomic E-state index is 0.0697. The zero-order valence-corrected chi connectivity index (χ0v) is 21.2. The van der Waals surface area contributed by atoms with Gasteiger partial charge in [0.1, 0.15) is 11.3 Å². The summed E-state index contributed by atoms with van der Waals surface area (Å²) in [5.41, 5.74) is 1.56. The van der Waals surface area contributed by atoms with Crippen LogP contribution in [0.4, 0.5) is 11.8 Å². The molecular formula is C25H32N10O2. The van der Waals surface area contributed by atoms with E-state index in [1.165, 1.54) is 5.01 Å². The average Bonchev–Trinajstić information content (AvgIpc) is 3.65. The third-order valence-electron chi connectivity index (χ3n) is 7.71. The number of anilines is 2. The lowest BCUT2D eigenvalue weighted by molar-refractivity contribution is 0.0690. The predicted molar refractivity (Wildman–Crippen MR) is 137 cm³/mol. The number of nitrogens with zero attached hydrogens (tertiary/aromatic N) is 8. The van der Waals surface area contributed by atoms with Crippen LogP contribution in [0.5, 0.6) is 0 Å². The number of carbonyl (C=O) groups is 2. The summed E-state index contributed by atoms with van der Waals surface area (Å²) < 4.78 is 2.04. The molecule has 1 saturated carbocycles. The summed E-state index contributed by atoms with van der Waals surface area (Å²) >= 11 is 0. The minimum Gasteiger partial charge on any atom is -0.343 e. The van der Waals surface area contributed by atoms with E-state index in [1.807, 2.05) is 15.5 Å². The monoisotopic (exact) mass is 504 g/mol. The van der Waals surface area contributed by atoms with Crippen molar-refractivity contribution in [2.45, 2.75) is 56.7 Å². The van der Waals surface area contributed by atoms with Crippen LogP contribution in [-0.4, -0.2) is 85.6 Å². The van der Waals surface area contributed by atoms with Gasteiger partial charge in [-0.2, -0.15) is 4.98 Å². The third kappa shape index (κ3) is 4.29. The van der Waals surface area contributed by atoms with Crippen molar-refractivity contribution in [2.75, 3.05) is 32.2 Å². The summed E-state index contributed by atoms with van der Waals surface area (Å²) in [6.07, 6.45) is 8.12. The maximum absolute atomic E-state index is 13.0. The molecule has 3 aliphatic rings. The Morgan fingerprint density at radius 1 is 1.05 bits per heavy atom. The van der Waals surface area contributed by atoms with E-state index in [-0.39, 0.29) is 29.5 Å². The summed E-state index contributed by atoms with van der Waals surface area (Å²) in [6.45, 7) is 1.38. The second-order valence-corrected chi connectivity index (χ2v) is 10.5. The van der Waals surface area contributed by atoms with E-state index in [2.05, 4.69) is 20.5 Å². The molecule has 0 aromatic carbocycles. The highest BCUT2D eigenvalue weighted by Gasteiger charge is 2.35. The van der Waals surface area contributed by atoms with Crippen molar-refractivity contribution in [1.82, 2.24) is 39.8 Å². The summed E-state index contributed by atoms with van der Waals surface area (Å²) in [7, 11) is 3.49. The number of hydrazine groups is 1. The maximum atomic E-state index is 13.0. The van der Waals surface area contributed by atoms with Crippen LogP contribution in [0, 0.1) is 0 Å². The SMILES string of the molecule is CN(C)C(=O)c1cc2cnc(N(N)c3ccc(C(=O)N4CC5CCC(C4)N5)nn3)nc2n1C1CCCC1. The van der Waals surface area contributed by atoms with Crippen LogP contribution in [0.25, 0.3) is 11.0 Å². The number of fused-ring (bicyclic) bond motifs is 3. The molecular weight excluding hydrogens is 472 g/mol. The number of rotatable bonds is 5. The van der Waals surface area contributed by atoms with Crippen LogP contribution in [0.1, 0.15) is 65.5 Å². The lowest BCUT2D eigenvalue weighted by atomic mass is 10.2. The van der Waals surface area contributed by atoms with Gasteiger partial charge in [-0.1, -0.05) is 12.8 Å². The van der Waals surface area contributed by atoms with Gasteiger partial charge in [0, 0.05) is 56.9 Å². The number of nitrogens with two attached hydrogens (primary N) is 1. The van der Waals surface area contributed by atoms with Crippen LogP contribution >= 0.6 is 0 Å². The summed E-state index contributed by atoms with van der Waals surface area (Å²) in [5, 5.41) is 13.9. The fourth-order valence-corrected chi connectivity index (χ4v) is 5.84. The van der Waals surface area contributed by atoms with E-state index in [4.69, 9.17) is 10.8 Å². The number of nitrogens with one attached hydrogen (secondary N) is 1. The normalized spacial score (nSPS) is 21.5. The first kappa shape index (κ1) is 23.7. The lowest BCUT2D eigenvalue weighted by Crippen LogP contribution is -2.53. The smallest absolute Gasteiger partial charge is 0.274 e. The van der Waals surface area contributed by atoms with Crippen LogP contribution in [0.3, 0.4) is 0 Å². The number of hydrogen-bond acceptors (Lipinski definition) is 9. The van der Waals surface area contributed by atoms with Crippen LogP contribution in [0.2, 0.25) is 0 Å². The van der Waals surface area contributed by atoms with Crippen molar-refractivity contribution in [3.05, 3.63) is 35.8 Å². The van der Waals surface area contributed by atoms with E-state index < -0.39 is 0 Å². The molecule has 2 atom stereocenters. The molecule has 6 rings (SSSR count). The summed E-state index contributed by atoms with van der Waals surface area (Å²) in [6, 6.07) is 6.07. The van der Waals surface area contributed by atoms with Crippen LogP contribution in [-0.2, 0) is 0 Å². The molecule has 1 aliphatic carbocycles. The zero-order valence-electron chi connectivity index (χ0n) is 21.2. The Kier molecular flexibility index (Phi) is 6.00. The number of aromatic nitrogens is 5. The molecule has 12 nitrogen and oxygen atoms in total. The zero-order chi connectivity index (χ0) is 25.7. The quantitative estimate of drug-likeness (QED) is 0.392. The van der Waals surface area contributed by atoms with Crippen molar-refractivity contribution < 1.29 is 9.59 Å². The van der Waals surface area contributed by atoms with Gasteiger partial charge >= 0.3 is 0 Å². The second-order valence-electron chi connectivity index (χ2n) is 10.5. The highest BCUT2D eigenvalue weighted by atomic mass is 16.2. The number of carbonyl (C=O) groups excluding carboxylic acids is 2. The van der Waals surface area contributed by atoms with E-state index in [9.17, 15) is 9.59 Å². The van der Waals surface area contributed by atoms with Gasteiger partial charge < -0.3 is 19.7 Å². The molecule has 37 heavy (non-hydrogen) atoms. The van der Waals surface area contributed by atoms with Gasteiger partial charge in [0.15, 0.2) is 11.5 Å². The Morgan fingerprint density at radius 2 is 1.78 bits per heavy atom. The molecule has 3 aromatic heterocycles. The summed E-state index contributed by atoms with van der Waals surface area (Å²) in [5.74, 6) is 6.72. The Labute approximate surface area is 214 Å². The number of piperazine rings is 1. The molecule has 5 heterocycles. The third-order valence-corrected chi connectivity index (χ3v) is 7.71. The highest BCUT2D eigenvalue weighted by molar-refractivity contribution is 5.98. The van der Waals surface area contributed by atoms with Crippen molar-refractivity contribution in [1.29, 1.82) is 0 Å². The Bertz CT molecular complexity index is 1320. The van der Waals surface area contributed by atoms with E-state index in [0.717, 1.165) is 43.9 Å². The topological polar surface area (TPSA) is 138 Å². The molecule has 2 bridgehead atoms. The molecule has 2 unspecified atom stereocenters. The minimum atomic E-state index is -0.119. The molecule has 0 spiro atoms. The first-order chi connectivity index (χ1) is 17.9. The predicted octanol–water partition coefficient (Wildman–Crippen LogP) is 1.63. The van der Waals surface area contributed by atoms with Gasteiger partial charge in [-0.3, -0.25) is 9.59 Å². The van der Waals surface area contributed by atoms with Crippen LogP contribution in [0.15, 0.2) is 24.4 Å². The number of hydrogen-bond donors (Lipinski definition) is 2. The average molecular weight is 505 g/mol. The molecule has 3 N–H and O–H groups in total. The molecule has 2 aliphatic heterocycles. The molecule has 2 amide bonds. The van der Waals surface area contributed by atoms with Crippen molar-refractivity contribution in [2.24, 2.45) is 5.84 Å². The summed E-state index contributed by atoms with van der Waals surface area (Å²) in [4.78, 5) is 38.5. The number of likely N-dealkylation sites (tertiary alicyclic amines) is 1. The Balaban J connectivity index is 1.27. The fourth-order valence-electron chi connectivity index (χ4n) is 5.84. The standard InChI is InChI=1S/C25H32N10O2/c1-32(2)24(37)20-11-15-12-27-25(29-22(15)34(20)18-5-3-4-6-18)35(26)21-10-9-19(30-31-21)23(36)33-13-16-7-8-17(14-33)28-16/h9-12,16-18,28H,3-8,13-14,26H2,1-2H3. The first-order valence-corrected chi connectivity index (χ1v) is 12.9. The molecule has 0 radical (unpaired) electrons. The molecule has 12 heteroatoms. The fraction of sp³-hybridized carbons (Fsp3) is 0.520. The van der Waals surface area contributed by atoms with Crippen LogP contribution < -0.4 is 16.2 Å². The van der Waals surface area contributed by atoms with Gasteiger partial charge in [-0.05, 0) is 43.9 Å². The van der Waals surface area contributed by atoms with Crippen molar-refractivity contribution >= 4 is 34.6 Å². The second kappa shape index (κ2) is 9.34. The van der Waals surface area contributed by atoms with E-state index >= 15 is 0 Å². The van der Waals surface area contributed by atoms with Crippen molar-refractivity contribution in [3.63, 3.8) is 0 Å². The van der Waals surface area contributed by atoms with Gasteiger partial charge in [0.05, 0.1) is 0 Å². The molecule has 3 aromatic rings. The first-order valence-electron chi connectivity index (χ1n) is 12.9. The van der Waals surface area contributed by atoms with Gasteiger partial charge in [0.25, 0.3) is 11.8 Å². The highest BCUT2D eigenvalue weighted by Crippen LogP contribution is 2.35. The molecule has 194 valence electrons. The van der Waals surface area contributed by atoms with Gasteiger partial charge in [0.2, 0.25) is 5.95 Å². The maximum Gasteiger partial charge on any atom is 0.274 e. The largest absolute Gasteiger partial charge is 0.343 e. The van der Waals surface area contributed by atoms with E-state index in [0.29, 0.717) is 42.3 Å².